The zero-order chi connectivity index (χ0) is 23.1. The van der Waals surface area contributed by atoms with Gasteiger partial charge in [0.2, 0.25) is 0 Å². The molecule has 1 heterocycles. The fourth-order valence-electron chi connectivity index (χ4n) is 3.66. The van der Waals surface area contributed by atoms with Crippen LogP contribution in [0.5, 0.6) is 5.75 Å². The van der Waals surface area contributed by atoms with E-state index in [0.717, 1.165) is 23.2 Å². The Balaban J connectivity index is 1.85. The number of ether oxygens (including phenoxy) is 1. The second kappa shape index (κ2) is 11.3. The van der Waals surface area contributed by atoms with Crippen molar-refractivity contribution in [1.29, 1.82) is 0 Å². The number of aromatic nitrogens is 3. The van der Waals surface area contributed by atoms with Gasteiger partial charge in [-0.15, -0.1) is 10.2 Å². The number of benzene rings is 2. The first-order valence-electron chi connectivity index (χ1n) is 11.0. The molecule has 3 rings (SSSR count). The topological polar surface area (TPSA) is 60.2 Å². The fourth-order valence-corrected chi connectivity index (χ4v) is 4.59. The number of ketones is 1. The lowest BCUT2D eigenvalue weighted by Crippen LogP contribution is -2.23. The summed E-state index contributed by atoms with van der Waals surface area (Å²) in [4.78, 5) is 15.2. The Bertz CT molecular complexity index is 1000. The smallest absolute Gasteiger partial charge is 0.192 e. The highest BCUT2D eigenvalue weighted by Gasteiger charge is 2.25. The largest absolute Gasteiger partial charge is 0.494 e. The molecule has 2 aromatic carbocycles. The molecule has 0 saturated heterocycles. The third-order valence-electron chi connectivity index (χ3n) is 5.34. The first kappa shape index (κ1) is 24.0. The van der Waals surface area contributed by atoms with E-state index in [9.17, 15) is 4.79 Å². The fraction of sp³-hybridized carbons (Fsp3) is 0.400. The van der Waals surface area contributed by atoms with E-state index in [-0.39, 0.29) is 17.1 Å². The normalized spacial score (nSPS) is 13.2. The maximum absolute atomic E-state index is 13.1. The molecular weight excluding hydrogens is 420 g/mol. The predicted molar refractivity (Wildman–Crippen MR) is 130 cm³/mol. The van der Waals surface area contributed by atoms with E-state index in [1.807, 2.05) is 56.3 Å². The zero-order valence-corrected chi connectivity index (χ0v) is 20.3. The van der Waals surface area contributed by atoms with Crippen LogP contribution in [0.1, 0.15) is 55.0 Å². The van der Waals surface area contributed by atoms with Gasteiger partial charge in [0.15, 0.2) is 16.8 Å². The van der Waals surface area contributed by atoms with E-state index in [4.69, 9.17) is 4.74 Å². The van der Waals surface area contributed by atoms with Crippen molar-refractivity contribution in [2.75, 3.05) is 20.7 Å². The number of Topliss-reactive ketones (excluding diaryl/α,β-unsaturated/α-hetero) is 1. The van der Waals surface area contributed by atoms with Crippen molar-refractivity contribution in [3.8, 4) is 5.75 Å². The Labute approximate surface area is 195 Å². The quantitative estimate of drug-likeness (QED) is 0.298. The molecule has 32 heavy (non-hydrogen) atoms. The maximum atomic E-state index is 13.1. The molecule has 0 aliphatic heterocycles. The molecule has 7 heteroatoms. The molecule has 6 nitrogen and oxygen atoms in total. The van der Waals surface area contributed by atoms with Gasteiger partial charge in [-0.1, -0.05) is 49.0 Å². The minimum absolute atomic E-state index is 0.0634. The van der Waals surface area contributed by atoms with Gasteiger partial charge in [0.1, 0.15) is 5.75 Å². The molecule has 0 aliphatic rings. The summed E-state index contributed by atoms with van der Waals surface area (Å²) < 4.78 is 7.63. The van der Waals surface area contributed by atoms with Gasteiger partial charge in [-0.3, -0.25) is 9.69 Å². The van der Waals surface area contributed by atoms with Gasteiger partial charge < -0.3 is 9.30 Å². The van der Waals surface area contributed by atoms with Gasteiger partial charge >= 0.3 is 0 Å². The molecule has 2 atom stereocenters. The number of hydrogen-bond donors (Lipinski definition) is 0. The number of carbonyl (C=O) groups excluding carboxylic acids is 1. The van der Waals surface area contributed by atoms with E-state index in [1.54, 1.807) is 0 Å². The van der Waals surface area contributed by atoms with Crippen LogP contribution in [-0.4, -0.2) is 51.4 Å². The van der Waals surface area contributed by atoms with Gasteiger partial charge in [-0.05, 0) is 64.2 Å². The van der Waals surface area contributed by atoms with E-state index in [1.165, 1.54) is 17.3 Å². The minimum Gasteiger partial charge on any atom is -0.494 e. The SMILES string of the molecule is CCOc1ccc(C(=O)C(C)Sc2nnc(C(CC)N(C)C)n2Cc2ccccc2)cc1. The van der Waals surface area contributed by atoms with E-state index < -0.39 is 0 Å². The van der Waals surface area contributed by atoms with Gasteiger partial charge in [0.05, 0.1) is 24.4 Å². The molecule has 1 aromatic heterocycles. The summed E-state index contributed by atoms with van der Waals surface area (Å²) in [6.45, 7) is 7.28. The third-order valence-corrected chi connectivity index (χ3v) is 6.42. The van der Waals surface area contributed by atoms with Crippen LogP contribution < -0.4 is 4.74 Å². The maximum Gasteiger partial charge on any atom is 0.192 e. The lowest BCUT2D eigenvalue weighted by Gasteiger charge is -2.23. The van der Waals surface area contributed by atoms with Crippen LogP contribution in [0.15, 0.2) is 59.8 Å². The molecule has 0 radical (unpaired) electrons. The van der Waals surface area contributed by atoms with Crippen molar-refractivity contribution < 1.29 is 9.53 Å². The van der Waals surface area contributed by atoms with Crippen LogP contribution in [0, 0.1) is 0 Å². The first-order valence-corrected chi connectivity index (χ1v) is 11.9. The van der Waals surface area contributed by atoms with Crippen molar-refractivity contribution in [2.45, 2.75) is 50.2 Å². The average molecular weight is 453 g/mol. The molecule has 0 aliphatic carbocycles. The van der Waals surface area contributed by atoms with Gasteiger partial charge in [0.25, 0.3) is 0 Å². The summed E-state index contributed by atoms with van der Waals surface area (Å²) in [6.07, 6.45) is 0.922. The molecule has 0 spiro atoms. The molecule has 0 saturated carbocycles. The molecule has 170 valence electrons. The second-order valence-corrected chi connectivity index (χ2v) is 9.19. The monoisotopic (exact) mass is 452 g/mol. The van der Waals surface area contributed by atoms with Crippen molar-refractivity contribution in [1.82, 2.24) is 19.7 Å². The molecule has 0 fully saturated rings. The molecular formula is C25H32N4O2S. The highest BCUT2D eigenvalue weighted by Crippen LogP contribution is 2.30. The minimum atomic E-state index is -0.293. The summed E-state index contributed by atoms with van der Waals surface area (Å²) in [6, 6.07) is 17.8. The van der Waals surface area contributed by atoms with E-state index >= 15 is 0 Å². The first-order chi connectivity index (χ1) is 15.4. The summed E-state index contributed by atoms with van der Waals surface area (Å²) in [7, 11) is 4.11. The third kappa shape index (κ3) is 5.78. The lowest BCUT2D eigenvalue weighted by molar-refractivity contribution is 0.0994. The van der Waals surface area contributed by atoms with Crippen LogP contribution in [0.3, 0.4) is 0 Å². The molecule has 0 bridgehead atoms. The lowest BCUT2D eigenvalue weighted by atomic mass is 10.1. The van der Waals surface area contributed by atoms with Crippen LogP contribution >= 0.6 is 11.8 Å². The molecule has 3 aromatic rings. The Morgan fingerprint density at radius 3 is 2.34 bits per heavy atom. The highest BCUT2D eigenvalue weighted by molar-refractivity contribution is 8.00. The van der Waals surface area contributed by atoms with Crippen molar-refractivity contribution >= 4 is 17.5 Å². The number of nitrogens with zero attached hydrogens (tertiary/aromatic N) is 4. The number of rotatable bonds is 11. The zero-order valence-electron chi connectivity index (χ0n) is 19.5. The second-order valence-electron chi connectivity index (χ2n) is 7.88. The number of carbonyl (C=O) groups is 1. The van der Waals surface area contributed by atoms with E-state index in [0.29, 0.717) is 18.7 Å². The Morgan fingerprint density at radius 1 is 1.06 bits per heavy atom. The number of thioether (sulfide) groups is 1. The van der Waals surface area contributed by atoms with Crippen LogP contribution in [0.2, 0.25) is 0 Å². The van der Waals surface area contributed by atoms with Crippen molar-refractivity contribution in [3.05, 3.63) is 71.5 Å². The number of hydrogen-bond acceptors (Lipinski definition) is 6. The summed E-state index contributed by atoms with van der Waals surface area (Å²) in [5.74, 6) is 1.75. The van der Waals surface area contributed by atoms with Crippen LogP contribution in [0.25, 0.3) is 0 Å². The average Bonchev–Trinajstić information content (AvgIpc) is 3.16. The summed E-state index contributed by atoms with van der Waals surface area (Å²) in [5.41, 5.74) is 1.84. The summed E-state index contributed by atoms with van der Waals surface area (Å²) in [5, 5.41) is 9.51. The Morgan fingerprint density at radius 2 is 1.75 bits per heavy atom. The van der Waals surface area contributed by atoms with Crippen molar-refractivity contribution in [3.63, 3.8) is 0 Å². The van der Waals surface area contributed by atoms with Crippen molar-refractivity contribution in [2.24, 2.45) is 0 Å². The predicted octanol–water partition coefficient (Wildman–Crippen LogP) is 5.10. The summed E-state index contributed by atoms with van der Waals surface area (Å²) >= 11 is 1.46. The van der Waals surface area contributed by atoms with E-state index in [2.05, 4.69) is 52.8 Å². The van der Waals surface area contributed by atoms with Gasteiger partial charge in [0, 0.05) is 5.56 Å². The van der Waals surface area contributed by atoms with Gasteiger partial charge in [-0.25, -0.2) is 0 Å². The standard InChI is InChI=1S/C25H32N4O2S/c1-6-22(28(4)5)24-26-27-25(29(24)17-19-11-9-8-10-12-19)32-18(3)23(30)20-13-15-21(16-14-20)31-7-2/h8-16,18,22H,6-7,17H2,1-5H3. The Hall–Kier alpha value is -2.64. The molecule has 0 N–H and O–H groups in total. The van der Waals surface area contributed by atoms with Gasteiger partial charge in [-0.2, -0.15) is 0 Å². The molecule has 0 amide bonds. The highest BCUT2D eigenvalue weighted by atomic mass is 32.2. The molecule has 2 unspecified atom stereocenters. The Kier molecular flexibility index (Phi) is 8.47. The van der Waals surface area contributed by atoms with Crippen LogP contribution in [-0.2, 0) is 6.54 Å². The van der Waals surface area contributed by atoms with Crippen LogP contribution in [0.4, 0.5) is 0 Å².